The van der Waals surface area contributed by atoms with Crippen LogP contribution in [0, 0.1) is 5.92 Å². The highest BCUT2D eigenvalue weighted by atomic mass is 16.4. The highest BCUT2D eigenvalue weighted by molar-refractivity contribution is 5.93. The number of benzene rings is 3. The molecule has 222 valence electrons. The molecule has 4 amide bonds. The van der Waals surface area contributed by atoms with Crippen LogP contribution < -0.4 is 21.3 Å². The topological polar surface area (TPSA) is 143 Å². The van der Waals surface area contributed by atoms with Crippen molar-refractivity contribution in [1.82, 2.24) is 21.3 Å². The number of fused-ring (bicyclic) bond motifs is 1. The molecule has 4 rings (SSSR count). The lowest BCUT2D eigenvalue weighted by atomic mass is 9.98. The van der Waals surface area contributed by atoms with Crippen molar-refractivity contribution < 1.29 is 28.7 Å². The van der Waals surface area contributed by atoms with Crippen molar-refractivity contribution in [1.29, 1.82) is 0 Å². The molecule has 1 saturated heterocycles. The van der Waals surface area contributed by atoms with Gasteiger partial charge in [-0.2, -0.15) is 0 Å². The van der Waals surface area contributed by atoms with Crippen LogP contribution >= 0.6 is 0 Å². The van der Waals surface area contributed by atoms with E-state index in [4.69, 9.17) is 0 Å². The first-order valence-corrected chi connectivity index (χ1v) is 13.8. The number of amides is 4. The Morgan fingerprint density at radius 2 is 1.64 bits per heavy atom. The van der Waals surface area contributed by atoms with Gasteiger partial charge in [-0.15, -0.1) is 0 Å². The molecule has 0 aromatic heterocycles. The Labute approximate surface area is 245 Å². The number of ether oxygens (including phenoxy) is 1. The number of rotatable bonds is 12. The maximum absolute atomic E-state index is 13.2. The molecular formula is C32H38N4O6. The van der Waals surface area contributed by atoms with E-state index in [9.17, 15) is 24.0 Å². The molecule has 42 heavy (non-hydrogen) atoms. The number of hydrogen-bond donors (Lipinski definition) is 4. The Bertz CT molecular complexity index is 1360. The molecule has 1 aliphatic rings. The zero-order valence-corrected chi connectivity index (χ0v) is 23.9. The second-order valence-electron chi connectivity index (χ2n) is 10.1. The fourth-order valence-electron chi connectivity index (χ4n) is 4.80. The van der Waals surface area contributed by atoms with E-state index < -0.39 is 23.9 Å². The van der Waals surface area contributed by atoms with E-state index in [-0.39, 0.29) is 43.5 Å². The predicted octanol–water partition coefficient (Wildman–Crippen LogP) is 1.70. The van der Waals surface area contributed by atoms with Gasteiger partial charge in [0.2, 0.25) is 23.6 Å². The van der Waals surface area contributed by atoms with Gasteiger partial charge >= 0.3 is 0 Å². The Morgan fingerprint density at radius 1 is 0.952 bits per heavy atom. The van der Waals surface area contributed by atoms with Gasteiger partial charge in [0.1, 0.15) is 12.3 Å². The fourth-order valence-corrected chi connectivity index (χ4v) is 4.80. The van der Waals surface area contributed by atoms with Crippen molar-refractivity contribution in [3.63, 3.8) is 0 Å². The van der Waals surface area contributed by atoms with E-state index in [2.05, 4.69) is 26.0 Å². The van der Waals surface area contributed by atoms with Crippen LogP contribution in [0.1, 0.15) is 24.0 Å². The highest BCUT2D eigenvalue weighted by Crippen LogP contribution is 2.20. The van der Waals surface area contributed by atoms with E-state index in [1.807, 2.05) is 72.8 Å². The number of aldehydes is 1. The van der Waals surface area contributed by atoms with Crippen LogP contribution in [0.4, 0.5) is 0 Å². The van der Waals surface area contributed by atoms with Crippen LogP contribution in [-0.4, -0.2) is 69.3 Å². The minimum absolute atomic E-state index is 0.108. The van der Waals surface area contributed by atoms with Crippen LogP contribution in [-0.2, 0) is 41.6 Å². The van der Waals surface area contributed by atoms with Gasteiger partial charge in [-0.3, -0.25) is 19.2 Å². The van der Waals surface area contributed by atoms with Crippen molar-refractivity contribution in [3.8, 4) is 0 Å². The molecule has 3 atom stereocenters. The first-order valence-electron chi connectivity index (χ1n) is 13.8. The van der Waals surface area contributed by atoms with Gasteiger partial charge < -0.3 is 30.8 Å². The second kappa shape index (κ2) is 16.6. The number of methoxy groups -OCH3 is 1. The quantitative estimate of drug-likeness (QED) is 0.243. The SMILES string of the molecule is COC.O=CC(CC1CCNC1=O)NC(=O)CNC(=O)C(Cc1cccc2ccccc12)NC(=O)Cc1ccccc1. The normalized spacial score (nSPS) is 15.4. The molecule has 0 spiro atoms. The third-order valence-electron chi connectivity index (χ3n) is 6.80. The summed E-state index contributed by atoms with van der Waals surface area (Å²) in [6, 6.07) is 21.0. The lowest BCUT2D eigenvalue weighted by Gasteiger charge is -2.20. The van der Waals surface area contributed by atoms with Gasteiger partial charge in [0.25, 0.3) is 0 Å². The summed E-state index contributed by atoms with van der Waals surface area (Å²) in [6.45, 7) is 0.174. The first kappa shape index (κ1) is 32.0. The Kier molecular flexibility index (Phi) is 12.7. The highest BCUT2D eigenvalue weighted by Gasteiger charge is 2.28. The van der Waals surface area contributed by atoms with E-state index in [0.29, 0.717) is 19.3 Å². The van der Waals surface area contributed by atoms with Crippen LogP contribution in [0.2, 0.25) is 0 Å². The predicted molar refractivity (Wildman–Crippen MR) is 159 cm³/mol. The average molecular weight is 575 g/mol. The van der Waals surface area contributed by atoms with Gasteiger partial charge in [0.05, 0.1) is 19.0 Å². The maximum atomic E-state index is 13.2. The molecular weight excluding hydrogens is 536 g/mol. The van der Waals surface area contributed by atoms with Crippen molar-refractivity contribution in [3.05, 3.63) is 83.9 Å². The summed E-state index contributed by atoms with van der Waals surface area (Å²) in [5.74, 6) is -1.86. The summed E-state index contributed by atoms with van der Waals surface area (Å²) in [7, 11) is 3.25. The monoisotopic (exact) mass is 574 g/mol. The Morgan fingerprint density at radius 3 is 2.33 bits per heavy atom. The molecule has 3 aromatic rings. The third kappa shape index (κ3) is 9.81. The smallest absolute Gasteiger partial charge is 0.243 e. The third-order valence-corrected chi connectivity index (χ3v) is 6.80. The molecule has 1 heterocycles. The number of carbonyl (C=O) groups excluding carboxylic acids is 5. The number of carbonyl (C=O) groups is 5. The molecule has 0 aliphatic carbocycles. The summed E-state index contributed by atoms with van der Waals surface area (Å²) in [6.07, 6.45) is 1.74. The van der Waals surface area contributed by atoms with Gasteiger partial charge in [-0.25, -0.2) is 0 Å². The van der Waals surface area contributed by atoms with Crippen LogP contribution in [0.5, 0.6) is 0 Å². The van der Waals surface area contributed by atoms with Crippen molar-refractivity contribution in [2.75, 3.05) is 27.3 Å². The van der Waals surface area contributed by atoms with E-state index in [1.165, 1.54) is 0 Å². The molecule has 0 bridgehead atoms. The van der Waals surface area contributed by atoms with Gasteiger partial charge in [0.15, 0.2) is 0 Å². The Hall–Kier alpha value is -4.57. The molecule has 0 radical (unpaired) electrons. The number of hydrogen-bond acceptors (Lipinski definition) is 6. The fraction of sp³-hybridized carbons (Fsp3) is 0.344. The van der Waals surface area contributed by atoms with Crippen LogP contribution in [0.3, 0.4) is 0 Å². The lowest BCUT2D eigenvalue weighted by molar-refractivity contribution is -0.130. The minimum atomic E-state index is -0.927. The van der Waals surface area contributed by atoms with E-state index >= 15 is 0 Å². The largest absolute Gasteiger partial charge is 0.388 e. The molecule has 1 fully saturated rings. The van der Waals surface area contributed by atoms with E-state index in [1.54, 1.807) is 14.2 Å². The summed E-state index contributed by atoms with van der Waals surface area (Å²) in [5.41, 5.74) is 1.70. The average Bonchev–Trinajstić information content (AvgIpc) is 3.40. The minimum Gasteiger partial charge on any atom is -0.388 e. The second-order valence-corrected chi connectivity index (χ2v) is 10.1. The van der Waals surface area contributed by atoms with Crippen LogP contribution in [0.15, 0.2) is 72.8 Å². The van der Waals surface area contributed by atoms with Crippen LogP contribution in [0.25, 0.3) is 10.8 Å². The molecule has 3 unspecified atom stereocenters. The molecule has 3 aromatic carbocycles. The number of nitrogens with one attached hydrogen (secondary N) is 4. The summed E-state index contributed by atoms with van der Waals surface area (Å²) >= 11 is 0. The molecule has 10 heteroatoms. The zero-order valence-electron chi connectivity index (χ0n) is 23.9. The lowest BCUT2D eigenvalue weighted by Crippen LogP contribution is -2.51. The maximum Gasteiger partial charge on any atom is 0.243 e. The van der Waals surface area contributed by atoms with Gasteiger partial charge in [-0.1, -0.05) is 72.8 Å². The van der Waals surface area contributed by atoms with Crippen molar-refractivity contribution in [2.24, 2.45) is 5.92 Å². The first-order chi connectivity index (χ1) is 20.3. The van der Waals surface area contributed by atoms with Gasteiger partial charge in [0, 0.05) is 33.1 Å². The summed E-state index contributed by atoms with van der Waals surface area (Å²) in [4.78, 5) is 61.9. The summed E-state index contributed by atoms with van der Waals surface area (Å²) < 4.78 is 4.25. The van der Waals surface area contributed by atoms with Crippen molar-refractivity contribution in [2.45, 2.75) is 37.8 Å². The molecule has 4 N–H and O–H groups in total. The van der Waals surface area contributed by atoms with Gasteiger partial charge in [-0.05, 0) is 34.7 Å². The molecule has 0 saturated carbocycles. The molecule has 1 aliphatic heterocycles. The van der Waals surface area contributed by atoms with E-state index in [0.717, 1.165) is 21.9 Å². The molecule has 10 nitrogen and oxygen atoms in total. The summed E-state index contributed by atoms with van der Waals surface area (Å²) in [5, 5.41) is 12.7. The van der Waals surface area contributed by atoms with Crippen molar-refractivity contribution >= 4 is 40.7 Å². The zero-order chi connectivity index (χ0) is 30.3. The Balaban J connectivity index is 0.00000155. The standard InChI is InChI=1S/C30H32N4O5.C2H6O/c35-19-24(16-23-13-14-31-29(23)38)33-28(37)18-32-30(39)26(34-27(36)15-20-7-2-1-3-8-20)17-22-11-6-10-21-9-4-5-12-25(21)22;1-3-2/h1-12,19,23-24,26H,13-18H2,(H,31,38)(H,32,39)(H,33,37)(H,34,36);1-2H3.